The third kappa shape index (κ3) is 28.9. The van der Waals surface area contributed by atoms with Crippen LogP contribution < -0.4 is 0 Å². The van der Waals surface area contributed by atoms with Crippen molar-refractivity contribution in [2.45, 2.75) is 74.7 Å². The molecular weight excluding hydrogens is 722 g/mol. The van der Waals surface area contributed by atoms with Gasteiger partial charge in [-0.25, -0.2) is 0 Å². The zero-order valence-electron chi connectivity index (χ0n) is 32.5. The number of halogens is 1. The topological polar surface area (TPSA) is 250 Å². The van der Waals surface area contributed by atoms with Gasteiger partial charge in [0.2, 0.25) is 0 Å². The highest BCUT2D eigenvalue weighted by atomic mass is 35.5. The van der Waals surface area contributed by atoms with E-state index in [2.05, 4.69) is 14.2 Å². The lowest BCUT2D eigenvalue weighted by molar-refractivity contribution is -0.147. The second kappa shape index (κ2) is 37.1. The first kappa shape index (κ1) is 55.1. The van der Waals surface area contributed by atoms with Crippen molar-refractivity contribution >= 4 is 41.4 Å². The summed E-state index contributed by atoms with van der Waals surface area (Å²) in [6.45, 7) is 17.1. The number of esters is 5. The molecule has 16 heteroatoms. The summed E-state index contributed by atoms with van der Waals surface area (Å²) >= 11 is 5.27. The van der Waals surface area contributed by atoms with Gasteiger partial charge in [0.05, 0.1) is 63.4 Å². The van der Waals surface area contributed by atoms with Gasteiger partial charge in [-0.1, -0.05) is 44.2 Å². The summed E-state index contributed by atoms with van der Waals surface area (Å²) in [6.07, 6.45) is 0.579. The lowest BCUT2D eigenvalue weighted by atomic mass is 9.99. The van der Waals surface area contributed by atoms with Crippen LogP contribution in [0.4, 0.5) is 0 Å². The fraction of sp³-hybridized carbons (Fsp3) is 0.579. The van der Waals surface area contributed by atoms with E-state index in [1.54, 1.807) is 77.1 Å². The second-order valence-electron chi connectivity index (χ2n) is 10.6. The minimum absolute atomic E-state index is 0.00463. The van der Waals surface area contributed by atoms with Crippen LogP contribution in [0.1, 0.15) is 80.2 Å². The van der Waals surface area contributed by atoms with Crippen molar-refractivity contribution in [1.82, 2.24) is 0 Å². The van der Waals surface area contributed by atoms with E-state index in [0.717, 1.165) is 0 Å². The maximum Gasteiger partial charge on any atom is 0.327 e. The van der Waals surface area contributed by atoms with Crippen LogP contribution in [0.2, 0.25) is 0 Å². The number of hydrogen-bond donors (Lipinski definition) is 0. The number of carbonyl (C=O) groups excluding carboxylic acids is 5. The van der Waals surface area contributed by atoms with Crippen LogP contribution in [-0.2, 0) is 47.7 Å². The van der Waals surface area contributed by atoms with Crippen molar-refractivity contribution in [3.8, 4) is 30.3 Å². The van der Waals surface area contributed by atoms with Crippen molar-refractivity contribution in [1.29, 1.82) is 26.3 Å². The Labute approximate surface area is 324 Å². The quantitative estimate of drug-likeness (QED) is 0.120. The molecule has 1 aromatic rings. The summed E-state index contributed by atoms with van der Waals surface area (Å²) in [6, 6.07) is 18.1. The van der Waals surface area contributed by atoms with E-state index in [4.69, 9.17) is 47.4 Å². The molecule has 5 unspecified atom stereocenters. The monoisotopic (exact) mass is 773 g/mol. The highest BCUT2D eigenvalue weighted by Crippen LogP contribution is 2.16. The number of rotatable bonds is 14. The fourth-order valence-electron chi connectivity index (χ4n) is 3.08. The fourth-order valence-corrected chi connectivity index (χ4v) is 3.28. The smallest absolute Gasteiger partial charge is 0.327 e. The van der Waals surface area contributed by atoms with Crippen LogP contribution >= 0.6 is 11.6 Å². The number of benzene rings is 1. The van der Waals surface area contributed by atoms with Crippen LogP contribution in [0, 0.1) is 86.2 Å². The summed E-state index contributed by atoms with van der Waals surface area (Å²) in [5.41, 5.74) is 0.674. The zero-order valence-corrected chi connectivity index (χ0v) is 33.3. The Morgan fingerprint density at radius 1 is 0.537 bits per heavy atom. The number of ether oxygens (including phenoxy) is 5. The van der Waals surface area contributed by atoms with Crippen LogP contribution in [0.5, 0.6) is 0 Å². The highest BCUT2D eigenvalue weighted by Gasteiger charge is 2.21. The molecule has 1 rings (SSSR count). The van der Waals surface area contributed by atoms with Crippen LogP contribution in [0.15, 0.2) is 30.3 Å². The molecule has 0 heterocycles. The Balaban J connectivity index is -0.000000293. The number of carbonyl (C=O) groups is 5. The summed E-state index contributed by atoms with van der Waals surface area (Å²) in [4.78, 5) is 54.1. The largest absolute Gasteiger partial charge is 0.465 e. The number of nitriles is 5. The Morgan fingerprint density at radius 3 is 1.19 bits per heavy atom. The van der Waals surface area contributed by atoms with Gasteiger partial charge in [0, 0.05) is 5.88 Å². The van der Waals surface area contributed by atoms with Gasteiger partial charge >= 0.3 is 29.8 Å². The Bertz CT molecular complexity index is 1410. The molecule has 0 amide bonds. The standard InChI is InChI=1S/C11H11NO2.C9H15NO2.C6H8ClNO2.2C6H9NO2/c1-2-14-11(13)10(8-12)9-6-4-3-5-7-9;1-4-12-9(11)8(6-10)5-7(2)3;1-2-10-6(9)5(3-7)4-8;2*1-3-9-6(8)5(2)4-7/h3-7,10H,2H2,1H3;7-8H,4-5H2,1-3H3;5H,2-3H2,1H3;2*5H,3H2,1-2H3. The highest BCUT2D eigenvalue weighted by molar-refractivity contribution is 6.19. The first-order chi connectivity index (χ1) is 25.6. The van der Waals surface area contributed by atoms with Gasteiger partial charge in [-0.15, -0.1) is 11.6 Å². The first-order valence-corrected chi connectivity index (χ1v) is 17.6. The van der Waals surface area contributed by atoms with Crippen LogP contribution in [0.25, 0.3) is 0 Å². The maximum absolute atomic E-state index is 11.3. The molecule has 0 aliphatic carbocycles. The predicted molar refractivity (Wildman–Crippen MR) is 196 cm³/mol. The molecule has 0 aliphatic heterocycles. The van der Waals surface area contributed by atoms with E-state index < -0.39 is 59.4 Å². The minimum atomic E-state index is -0.818. The normalized spacial score (nSPS) is 11.7. The number of nitrogens with zero attached hydrogens (tertiary/aromatic N) is 5. The molecule has 54 heavy (non-hydrogen) atoms. The van der Waals surface area contributed by atoms with Crippen molar-refractivity contribution in [2.75, 3.05) is 38.9 Å². The second-order valence-corrected chi connectivity index (χ2v) is 10.9. The molecule has 0 aromatic heterocycles. The summed E-state index contributed by atoms with van der Waals surface area (Å²) in [7, 11) is 0. The van der Waals surface area contributed by atoms with E-state index in [0.29, 0.717) is 44.3 Å². The molecular formula is C38H52ClN5O10. The van der Waals surface area contributed by atoms with Crippen molar-refractivity contribution in [2.24, 2.45) is 29.6 Å². The first-order valence-electron chi connectivity index (χ1n) is 17.0. The van der Waals surface area contributed by atoms with Crippen LogP contribution in [0.3, 0.4) is 0 Å². The number of hydrogen-bond acceptors (Lipinski definition) is 15. The SMILES string of the molecule is CCOC(=O)C(C#N)CC(C)C.CCOC(=O)C(C#N)CCl.CCOC(=O)C(C#N)c1ccccc1.CCOC(=O)C(C)C#N.CCOC(=O)C(C)C#N. The van der Waals surface area contributed by atoms with E-state index in [-0.39, 0.29) is 12.5 Å². The predicted octanol–water partition coefficient (Wildman–Crippen LogP) is 5.94. The summed E-state index contributed by atoms with van der Waals surface area (Å²) in [5.74, 6) is -5.46. The van der Waals surface area contributed by atoms with Gasteiger partial charge < -0.3 is 23.7 Å². The van der Waals surface area contributed by atoms with Gasteiger partial charge in [0.15, 0.2) is 11.8 Å². The van der Waals surface area contributed by atoms with Crippen molar-refractivity contribution in [3.05, 3.63) is 35.9 Å². The third-order valence-corrected chi connectivity index (χ3v) is 6.08. The van der Waals surface area contributed by atoms with E-state index in [1.807, 2.05) is 32.1 Å². The van der Waals surface area contributed by atoms with Crippen molar-refractivity contribution < 1.29 is 47.7 Å². The van der Waals surface area contributed by atoms with Crippen molar-refractivity contribution in [3.63, 3.8) is 0 Å². The average molecular weight is 774 g/mol. The van der Waals surface area contributed by atoms with Gasteiger partial charge in [-0.2, -0.15) is 26.3 Å². The average Bonchev–Trinajstić information content (AvgIpc) is 3.16. The van der Waals surface area contributed by atoms with E-state index >= 15 is 0 Å². The molecule has 0 aliphatic rings. The van der Waals surface area contributed by atoms with E-state index in [9.17, 15) is 24.0 Å². The molecule has 0 fully saturated rings. The Kier molecular flexibility index (Phi) is 37.8. The molecule has 0 N–H and O–H groups in total. The Hall–Kier alpha value is -5.69. The molecule has 0 radical (unpaired) electrons. The molecule has 1 aromatic carbocycles. The van der Waals surface area contributed by atoms with Crippen LogP contribution in [-0.4, -0.2) is 68.8 Å². The van der Waals surface area contributed by atoms with Gasteiger partial charge in [0.25, 0.3) is 0 Å². The molecule has 0 saturated carbocycles. The van der Waals surface area contributed by atoms with Gasteiger partial charge in [-0.3, -0.25) is 24.0 Å². The maximum atomic E-state index is 11.3. The molecule has 0 spiro atoms. The molecule has 15 nitrogen and oxygen atoms in total. The molecule has 296 valence electrons. The van der Waals surface area contributed by atoms with E-state index in [1.165, 1.54) is 13.8 Å². The molecule has 5 atom stereocenters. The molecule has 0 saturated heterocycles. The lowest BCUT2D eigenvalue weighted by Gasteiger charge is -2.09. The Morgan fingerprint density at radius 2 is 0.889 bits per heavy atom. The lowest BCUT2D eigenvalue weighted by Crippen LogP contribution is -2.17. The zero-order chi connectivity index (χ0) is 42.5. The van der Waals surface area contributed by atoms with Gasteiger partial charge in [0.1, 0.15) is 17.8 Å². The third-order valence-electron chi connectivity index (χ3n) is 5.77. The molecule has 0 bridgehead atoms. The minimum Gasteiger partial charge on any atom is -0.465 e. The number of alkyl halides is 1. The summed E-state index contributed by atoms with van der Waals surface area (Å²) < 4.78 is 23.1. The van der Waals surface area contributed by atoms with Gasteiger partial charge in [-0.05, 0) is 66.4 Å². The summed E-state index contributed by atoms with van der Waals surface area (Å²) in [5, 5.41) is 42.1.